The molecule has 0 atom stereocenters. The van der Waals surface area contributed by atoms with E-state index < -0.39 is 0 Å². The van der Waals surface area contributed by atoms with Gasteiger partial charge in [0.15, 0.2) is 0 Å². The van der Waals surface area contributed by atoms with Gasteiger partial charge < -0.3 is 40.8 Å². The Balaban J connectivity index is 0. The minimum Gasteiger partial charge on any atom is -1.00 e. The molecule has 0 unspecified atom stereocenters. The van der Waals surface area contributed by atoms with Gasteiger partial charge in [0.25, 0.3) is 0 Å². The van der Waals surface area contributed by atoms with E-state index in [4.69, 9.17) is 0 Å². The second-order valence-electron chi connectivity index (χ2n) is 6.14. The average Bonchev–Trinajstić information content (AvgIpc) is 2.51. The van der Waals surface area contributed by atoms with Gasteiger partial charge in [0.2, 0.25) is 0 Å². The van der Waals surface area contributed by atoms with E-state index in [1.54, 1.807) is 0 Å². The number of benzene rings is 2. The first-order valence-electron chi connectivity index (χ1n) is 8.40. The summed E-state index contributed by atoms with van der Waals surface area (Å²) in [6.45, 7) is 12.4. The first kappa shape index (κ1) is 27.4. The van der Waals surface area contributed by atoms with Gasteiger partial charge in [-0.2, -0.15) is 0 Å². The topological polar surface area (TPSA) is 36.1 Å². The Kier molecular flexibility index (Phi) is 15.1. The molecule has 0 aliphatic rings. The summed E-state index contributed by atoms with van der Waals surface area (Å²) < 4.78 is 0. The molecule has 0 fully saturated rings. The van der Waals surface area contributed by atoms with Crippen LogP contribution in [0.25, 0.3) is 0 Å². The zero-order valence-corrected chi connectivity index (χ0v) is 19.0. The number of anilines is 2. The maximum absolute atomic E-state index is 3.53. The van der Waals surface area contributed by atoms with Crippen molar-refractivity contribution in [2.75, 3.05) is 36.8 Å². The molecule has 0 spiro atoms. The van der Waals surface area contributed by atoms with Crippen LogP contribution in [0.4, 0.5) is 11.4 Å². The molecule has 147 valence electrons. The molecule has 0 bridgehead atoms. The minimum absolute atomic E-state index is 0. The van der Waals surface area contributed by atoms with Crippen LogP contribution in [0.15, 0.2) is 36.4 Å². The van der Waals surface area contributed by atoms with E-state index in [9.17, 15) is 0 Å². The van der Waals surface area contributed by atoms with Crippen molar-refractivity contribution in [2.45, 2.75) is 27.7 Å². The van der Waals surface area contributed by atoms with Crippen LogP contribution in [-0.2, 0) is 19.5 Å². The van der Waals surface area contributed by atoms with Crippen molar-refractivity contribution in [1.29, 1.82) is 0 Å². The first-order valence-corrected chi connectivity index (χ1v) is 8.40. The Bertz CT molecular complexity index is 555. The van der Waals surface area contributed by atoms with Gasteiger partial charge in [-0.25, -0.2) is 0 Å². The Labute approximate surface area is 183 Å². The molecule has 2 rings (SSSR count). The minimum atomic E-state index is 0. The number of nitrogens with one attached hydrogen (secondary N) is 3. The van der Waals surface area contributed by atoms with Gasteiger partial charge in [-0.15, -0.1) is 0 Å². The van der Waals surface area contributed by atoms with Crippen molar-refractivity contribution in [2.24, 2.45) is 0 Å². The molecule has 0 saturated heterocycles. The van der Waals surface area contributed by atoms with Gasteiger partial charge in [-0.05, 0) is 49.9 Å². The molecule has 3 N–H and O–H groups in total. The Hall–Kier alpha value is -0.797. The summed E-state index contributed by atoms with van der Waals surface area (Å²) in [4.78, 5) is 0. The second-order valence-corrected chi connectivity index (χ2v) is 6.14. The molecular formula is C20H29Cl2N3Rh. The predicted molar refractivity (Wildman–Crippen MR) is 102 cm³/mol. The van der Waals surface area contributed by atoms with Crippen molar-refractivity contribution >= 4 is 11.4 Å². The van der Waals surface area contributed by atoms with Gasteiger partial charge in [-0.3, -0.25) is 0 Å². The summed E-state index contributed by atoms with van der Waals surface area (Å²) in [5, 5.41) is 10.5. The SMILES string of the molecule is Cc1cccc(C)c1NCCNCCNc1c(C)cccc1C.[Cl-].[Cl-].[Rh+2]. The summed E-state index contributed by atoms with van der Waals surface area (Å²) in [6.07, 6.45) is 0. The molecule has 1 radical (unpaired) electrons. The Morgan fingerprint density at radius 3 is 1.19 bits per heavy atom. The molecule has 0 aliphatic heterocycles. The molecule has 2 aromatic carbocycles. The fourth-order valence-electron chi connectivity index (χ4n) is 2.86. The molecule has 3 nitrogen and oxygen atoms in total. The second kappa shape index (κ2) is 14.3. The number of halogens is 2. The van der Waals surface area contributed by atoms with Crippen molar-refractivity contribution in [3.05, 3.63) is 58.7 Å². The van der Waals surface area contributed by atoms with Crippen LogP contribution in [0.2, 0.25) is 0 Å². The van der Waals surface area contributed by atoms with E-state index in [1.165, 1.54) is 33.6 Å². The summed E-state index contributed by atoms with van der Waals surface area (Å²) in [7, 11) is 0. The molecule has 0 heterocycles. The summed E-state index contributed by atoms with van der Waals surface area (Å²) in [5.41, 5.74) is 7.76. The van der Waals surface area contributed by atoms with Gasteiger partial charge in [-0.1, -0.05) is 36.4 Å². The molecular weight excluding hydrogens is 456 g/mol. The van der Waals surface area contributed by atoms with Crippen molar-refractivity contribution in [3.63, 3.8) is 0 Å². The third-order valence-corrected chi connectivity index (χ3v) is 4.17. The first-order chi connectivity index (χ1) is 11.1. The van der Waals surface area contributed by atoms with E-state index in [2.05, 4.69) is 80.0 Å². The quantitative estimate of drug-likeness (QED) is 0.301. The van der Waals surface area contributed by atoms with Crippen LogP contribution in [0.3, 0.4) is 0 Å². The third kappa shape index (κ3) is 8.26. The van der Waals surface area contributed by atoms with Crippen molar-refractivity contribution < 1.29 is 44.3 Å². The predicted octanol–water partition coefficient (Wildman–Crippen LogP) is -1.96. The molecule has 2 aromatic rings. The fraction of sp³-hybridized carbons (Fsp3) is 0.400. The van der Waals surface area contributed by atoms with Gasteiger partial charge >= 0.3 is 19.5 Å². The van der Waals surface area contributed by atoms with Gasteiger partial charge in [0.1, 0.15) is 0 Å². The maximum atomic E-state index is 3.53. The third-order valence-electron chi connectivity index (χ3n) is 4.17. The Morgan fingerprint density at radius 1 is 0.577 bits per heavy atom. The number of hydrogen-bond donors (Lipinski definition) is 3. The molecule has 0 saturated carbocycles. The summed E-state index contributed by atoms with van der Waals surface area (Å²) >= 11 is 0. The van der Waals surface area contributed by atoms with E-state index in [-0.39, 0.29) is 44.3 Å². The normalized spacial score (nSPS) is 9.38. The van der Waals surface area contributed by atoms with Crippen LogP contribution in [0.1, 0.15) is 22.3 Å². The number of para-hydroxylation sites is 2. The smallest absolute Gasteiger partial charge is 1.00 e. The van der Waals surface area contributed by atoms with E-state index in [0.717, 1.165) is 26.2 Å². The van der Waals surface area contributed by atoms with Crippen LogP contribution in [0.5, 0.6) is 0 Å². The van der Waals surface area contributed by atoms with E-state index in [1.807, 2.05) is 0 Å². The van der Waals surface area contributed by atoms with Crippen LogP contribution in [-0.4, -0.2) is 26.2 Å². The average molecular weight is 485 g/mol. The van der Waals surface area contributed by atoms with Crippen molar-refractivity contribution in [1.82, 2.24) is 5.32 Å². The van der Waals surface area contributed by atoms with Crippen LogP contribution < -0.4 is 40.8 Å². The molecule has 6 heteroatoms. The zero-order chi connectivity index (χ0) is 16.7. The van der Waals surface area contributed by atoms with E-state index >= 15 is 0 Å². The number of hydrogen-bond acceptors (Lipinski definition) is 3. The van der Waals surface area contributed by atoms with E-state index in [0.29, 0.717) is 0 Å². The Morgan fingerprint density at radius 2 is 0.885 bits per heavy atom. The van der Waals surface area contributed by atoms with Gasteiger partial charge in [0.05, 0.1) is 0 Å². The maximum Gasteiger partial charge on any atom is 2.00 e. The molecule has 0 amide bonds. The van der Waals surface area contributed by atoms with Crippen LogP contribution in [0, 0.1) is 27.7 Å². The number of aryl methyl sites for hydroxylation is 4. The van der Waals surface area contributed by atoms with Gasteiger partial charge in [0, 0.05) is 37.6 Å². The summed E-state index contributed by atoms with van der Waals surface area (Å²) in [6, 6.07) is 12.8. The monoisotopic (exact) mass is 484 g/mol. The molecule has 26 heavy (non-hydrogen) atoms. The molecule has 0 aliphatic carbocycles. The fourth-order valence-corrected chi connectivity index (χ4v) is 2.86. The van der Waals surface area contributed by atoms with Crippen molar-refractivity contribution in [3.8, 4) is 0 Å². The largest absolute Gasteiger partial charge is 2.00 e. The molecule has 0 aromatic heterocycles. The standard InChI is InChI=1S/C20H29N3.2ClH.Rh/c1-15-7-5-8-16(2)19(15)22-13-11-21-12-14-23-20-17(3)9-6-10-18(20)4;;;/h5-10,21-23H,11-14H2,1-4H3;2*1H;/q;;;+2/p-2. The number of rotatable bonds is 8. The van der Waals surface area contributed by atoms with Crippen LogP contribution >= 0.6 is 0 Å². The zero-order valence-electron chi connectivity index (χ0n) is 15.9. The summed E-state index contributed by atoms with van der Waals surface area (Å²) in [5.74, 6) is 0.